The Hall–Kier alpha value is -0.640. The van der Waals surface area contributed by atoms with Crippen molar-refractivity contribution in [2.45, 2.75) is 38.8 Å². The molecule has 0 saturated carbocycles. The third-order valence-electron chi connectivity index (χ3n) is 2.62. The topological polar surface area (TPSA) is 29.9 Å². The van der Waals surface area contributed by atoms with Crippen LogP contribution in [0.3, 0.4) is 0 Å². The zero-order chi connectivity index (χ0) is 10.5. The predicted molar refractivity (Wildman–Crippen MR) is 66.5 cm³/mol. The van der Waals surface area contributed by atoms with Crippen LogP contribution in [0.25, 0.3) is 0 Å². The fourth-order valence-electron chi connectivity index (χ4n) is 1.88. The number of nitrogens with zero attached hydrogens (tertiary/aromatic N) is 2. The second-order valence-electron chi connectivity index (χ2n) is 4.05. The van der Waals surface area contributed by atoms with Crippen molar-refractivity contribution in [1.82, 2.24) is 9.78 Å². The molecular weight excluding hydrogens is 206 g/mol. The van der Waals surface area contributed by atoms with Gasteiger partial charge in [0.15, 0.2) is 0 Å². The minimum Gasteiger partial charge on any atom is -0.379 e. The molecule has 0 amide bonds. The van der Waals surface area contributed by atoms with Crippen molar-refractivity contribution in [2.24, 2.45) is 0 Å². The van der Waals surface area contributed by atoms with Crippen LogP contribution >= 0.6 is 11.8 Å². The molecule has 0 spiro atoms. The first-order valence-corrected chi connectivity index (χ1v) is 6.90. The fourth-order valence-corrected chi connectivity index (χ4v) is 2.95. The van der Waals surface area contributed by atoms with Crippen LogP contribution in [0.1, 0.15) is 26.2 Å². The molecule has 1 unspecified atom stereocenters. The number of anilines is 1. The minimum absolute atomic E-state index is 0.642. The third kappa shape index (κ3) is 3.16. The molecule has 1 aromatic rings. The van der Waals surface area contributed by atoms with Crippen LogP contribution in [-0.4, -0.2) is 27.3 Å². The molecule has 1 aliphatic heterocycles. The van der Waals surface area contributed by atoms with E-state index < -0.39 is 0 Å². The van der Waals surface area contributed by atoms with Gasteiger partial charge in [0.2, 0.25) is 0 Å². The second kappa shape index (κ2) is 5.45. The van der Waals surface area contributed by atoms with E-state index in [1.54, 1.807) is 0 Å². The average Bonchev–Trinajstić information content (AvgIpc) is 2.68. The summed E-state index contributed by atoms with van der Waals surface area (Å²) in [6.45, 7) is 3.19. The van der Waals surface area contributed by atoms with Gasteiger partial charge < -0.3 is 5.32 Å². The average molecular weight is 225 g/mol. The van der Waals surface area contributed by atoms with E-state index in [1.807, 2.05) is 22.6 Å². The summed E-state index contributed by atoms with van der Waals surface area (Å²) in [5.41, 5.74) is 1.18. The van der Waals surface area contributed by atoms with Gasteiger partial charge in [-0.3, -0.25) is 4.68 Å². The Bertz CT molecular complexity index is 292. The van der Waals surface area contributed by atoms with Crippen molar-refractivity contribution in [3.05, 3.63) is 12.4 Å². The maximum atomic E-state index is 4.32. The SMILES string of the molecule is CCCn1cc(NC2CCCSC2)cn1. The normalized spacial score (nSPS) is 21.5. The molecule has 3 nitrogen and oxygen atoms in total. The van der Waals surface area contributed by atoms with Gasteiger partial charge in [-0.15, -0.1) is 0 Å². The van der Waals surface area contributed by atoms with Crippen molar-refractivity contribution in [2.75, 3.05) is 16.8 Å². The highest BCUT2D eigenvalue weighted by Crippen LogP contribution is 2.20. The summed E-state index contributed by atoms with van der Waals surface area (Å²) >= 11 is 2.05. The summed E-state index contributed by atoms with van der Waals surface area (Å²) in [5, 5.41) is 7.87. The van der Waals surface area contributed by atoms with Gasteiger partial charge in [0, 0.05) is 24.5 Å². The largest absolute Gasteiger partial charge is 0.379 e. The van der Waals surface area contributed by atoms with Crippen molar-refractivity contribution in [3.63, 3.8) is 0 Å². The molecule has 1 atom stereocenters. The van der Waals surface area contributed by atoms with Crippen LogP contribution in [0.15, 0.2) is 12.4 Å². The lowest BCUT2D eigenvalue weighted by Crippen LogP contribution is -2.25. The van der Waals surface area contributed by atoms with E-state index >= 15 is 0 Å². The predicted octanol–water partition coefficient (Wildman–Crippen LogP) is 2.60. The molecule has 4 heteroatoms. The van der Waals surface area contributed by atoms with Crippen LogP contribution in [-0.2, 0) is 6.54 Å². The molecule has 1 aliphatic rings. The maximum absolute atomic E-state index is 4.32. The minimum atomic E-state index is 0.642. The van der Waals surface area contributed by atoms with Crippen molar-refractivity contribution >= 4 is 17.4 Å². The Morgan fingerprint density at radius 2 is 2.60 bits per heavy atom. The number of hydrogen-bond acceptors (Lipinski definition) is 3. The molecule has 1 fully saturated rings. The van der Waals surface area contributed by atoms with Gasteiger partial charge in [0.1, 0.15) is 0 Å². The molecule has 1 aromatic heterocycles. The van der Waals surface area contributed by atoms with Gasteiger partial charge in [0.05, 0.1) is 11.9 Å². The molecule has 2 rings (SSSR count). The van der Waals surface area contributed by atoms with E-state index in [0.29, 0.717) is 6.04 Å². The summed E-state index contributed by atoms with van der Waals surface area (Å²) in [5.74, 6) is 2.56. The summed E-state index contributed by atoms with van der Waals surface area (Å²) < 4.78 is 2.01. The van der Waals surface area contributed by atoms with Gasteiger partial charge in [-0.1, -0.05) is 6.92 Å². The number of nitrogens with one attached hydrogen (secondary N) is 1. The molecule has 0 aliphatic carbocycles. The molecular formula is C11H19N3S. The summed E-state index contributed by atoms with van der Waals surface area (Å²) in [4.78, 5) is 0. The van der Waals surface area contributed by atoms with Crippen LogP contribution in [0.5, 0.6) is 0 Å². The number of aromatic nitrogens is 2. The first-order valence-electron chi connectivity index (χ1n) is 5.75. The third-order valence-corrected chi connectivity index (χ3v) is 3.83. The number of thioether (sulfide) groups is 1. The van der Waals surface area contributed by atoms with Gasteiger partial charge in [0.25, 0.3) is 0 Å². The Morgan fingerprint density at radius 1 is 1.67 bits per heavy atom. The summed E-state index contributed by atoms with van der Waals surface area (Å²) in [7, 11) is 0. The Kier molecular flexibility index (Phi) is 3.94. The van der Waals surface area contributed by atoms with Crippen LogP contribution in [0, 0.1) is 0 Å². The number of rotatable bonds is 4. The van der Waals surface area contributed by atoms with Gasteiger partial charge in [-0.2, -0.15) is 16.9 Å². The first-order chi connectivity index (χ1) is 7.38. The zero-order valence-electron chi connectivity index (χ0n) is 9.28. The van der Waals surface area contributed by atoms with Crippen LogP contribution in [0.2, 0.25) is 0 Å². The molecule has 0 radical (unpaired) electrons. The molecule has 1 N–H and O–H groups in total. The van der Waals surface area contributed by atoms with Crippen molar-refractivity contribution in [3.8, 4) is 0 Å². The van der Waals surface area contributed by atoms with Gasteiger partial charge >= 0.3 is 0 Å². The Balaban J connectivity index is 1.86. The monoisotopic (exact) mass is 225 g/mol. The molecule has 0 bridgehead atoms. The Morgan fingerprint density at radius 3 is 3.33 bits per heavy atom. The summed E-state index contributed by atoms with van der Waals surface area (Å²) in [6.07, 6.45) is 7.83. The number of hydrogen-bond donors (Lipinski definition) is 1. The number of aryl methyl sites for hydroxylation is 1. The lowest BCUT2D eigenvalue weighted by Gasteiger charge is -2.22. The molecule has 0 aromatic carbocycles. The second-order valence-corrected chi connectivity index (χ2v) is 5.20. The maximum Gasteiger partial charge on any atom is 0.0728 e. The van der Waals surface area contributed by atoms with Crippen molar-refractivity contribution < 1.29 is 0 Å². The van der Waals surface area contributed by atoms with E-state index in [4.69, 9.17) is 0 Å². The molecule has 2 heterocycles. The summed E-state index contributed by atoms with van der Waals surface area (Å²) in [6, 6.07) is 0.642. The molecule has 15 heavy (non-hydrogen) atoms. The molecule has 84 valence electrons. The highest BCUT2D eigenvalue weighted by atomic mass is 32.2. The van der Waals surface area contributed by atoms with E-state index in [-0.39, 0.29) is 0 Å². The van der Waals surface area contributed by atoms with E-state index in [1.165, 1.54) is 30.0 Å². The lowest BCUT2D eigenvalue weighted by atomic mass is 10.2. The fraction of sp³-hybridized carbons (Fsp3) is 0.727. The van der Waals surface area contributed by atoms with E-state index in [0.717, 1.165) is 13.0 Å². The smallest absolute Gasteiger partial charge is 0.0728 e. The van der Waals surface area contributed by atoms with Crippen LogP contribution in [0.4, 0.5) is 5.69 Å². The highest BCUT2D eigenvalue weighted by molar-refractivity contribution is 7.99. The van der Waals surface area contributed by atoms with E-state index in [2.05, 4.69) is 23.5 Å². The van der Waals surface area contributed by atoms with Gasteiger partial charge in [-0.05, 0) is 25.0 Å². The van der Waals surface area contributed by atoms with Crippen LogP contribution < -0.4 is 5.32 Å². The zero-order valence-corrected chi connectivity index (χ0v) is 10.1. The molecule has 1 saturated heterocycles. The van der Waals surface area contributed by atoms with Crippen molar-refractivity contribution in [1.29, 1.82) is 0 Å². The highest BCUT2D eigenvalue weighted by Gasteiger charge is 2.13. The van der Waals surface area contributed by atoms with Gasteiger partial charge in [-0.25, -0.2) is 0 Å². The first kappa shape index (κ1) is 10.9. The Labute approximate surface area is 95.6 Å². The standard InChI is InChI=1S/C11H19N3S/c1-2-5-14-8-11(7-12-14)13-10-4-3-6-15-9-10/h7-8,10,13H,2-6,9H2,1H3. The quantitative estimate of drug-likeness (QED) is 0.854. The lowest BCUT2D eigenvalue weighted by molar-refractivity contribution is 0.602. The van der Waals surface area contributed by atoms with E-state index in [9.17, 15) is 0 Å².